The van der Waals surface area contributed by atoms with Crippen LogP contribution in [-0.2, 0) is 25.5 Å². The summed E-state index contributed by atoms with van der Waals surface area (Å²) in [7, 11) is 0. The van der Waals surface area contributed by atoms with E-state index in [4.69, 9.17) is 4.74 Å². The molecule has 2 rings (SSSR count). The molecule has 0 aliphatic rings. The van der Waals surface area contributed by atoms with Gasteiger partial charge in [0.15, 0.2) is 6.61 Å². The van der Waals surface area contributed by atoms with Gasteiger partial charge in [0.1, 0.15) is 0 Å². The second kappa shape index (κ2) is 8.98. The zero-order chi connectivity index (χ0) is 18.2. The van der Waals surface area contributed by atoms with Crippen LogP contribution in [0.1, 0.15) is 16.0 Å². The van der Waals surface area contributed by atoms with E-state index in [1.807, 2.05) is 49.6 Å². The number of benzene rings is 1. The molecule has 0 radical (unpaired) electrons. The molecule has 1 heterocycles. The molecule has 0 saturated heterocycles. The number of carbonyl (C=O) groups excluding carboxylic acids is 3. The van der Waals surface area contributed by atoms with Crippen molar-refractivity contribution >= 4 is 34.8 Å². The number of amides is 2. The van der Waals surface area contributed by atoms with Crippen molar-refractivity contribution in [2.24, 2.45) is 0 Å². The maximum atomic E-state index is 11.9. The zero-order valence-electron chi connectivity index (χ0n) is 14.1. The first-order chi connectivity index (χ1) is 12.0. The molecule has 0 fully saturated rings. The van der Waals surface area contributed by atoms with Gasteiger partial charge in [-0.1, -0.05) is 24.3 Å². The van der Waals surface area contributed by atoms with Crippen LogP contribution in [0, 0.1) is 13.8 Å². The summed E-state index contributed by atoms with van der Waals surface area (Å²) in [5.74, 6) is -1.33. The van der Waals surface area contributed by atoms with Gasteiger partial charge in [-0.15, -0.1) is 11.3 Å². The zero-order valence-corrected chi connectivity index (χ0v) is 14.9. The smallest absolute Gasteiger partial charge is 0.311 e. The number of thiophene rings is 1. The van der Waals surface area contributed by atoms with E-state index < -0.39 is 18.5 Å². The molecule has 0 saturated carbocycles. The first-order valence-corrected chi connectivity index (χ1v) is 8.64. The highest BCUT2D eigenvalue weighted by molar-refractivity contribution is 7.10. The SMILES string of the molecule is Cc1cccc(C)c1NC(=O)CNC(=O)COC(=O)Cc1cccs1. The number of hydrogen-bond donors (Lipinski definition) is 2. The standard InChI is InChI=1S/C18H20N2O4S/c1-12-5-3-6-13(2)18(12)20-15(21)10-19-16(22)11-24-17(23)9-14-7-4-8-25-14/h3-8H,9-11H2,1-2H3,(H,19,22)(H,20,21). The second-order valence-electron chi connectivity index (χ2n) is 5.51. The molecule has 6 nitrogen and oxygen atoms in total. The third-order valence-electron chi connectivity index (χ3n) is 3.45. The van der Waals surface area contributed by atoms with E-state index >= 15 is 0 Å². The quantitative estimate of drug-likeness (QED) is 0.742. The number of nitrogens with one attached hydrogen (secondary N) is 2. The number of para-hydroxylation sites is 1. The largest absolute Gasteiger partial charge is 0.455 e. The van der Waals surface area contributed by atoms with Gasteiger partial charge in [0.25, 0.3) is 5.91 Å². The van der Waals surface area contributed by atoms with Crippen LogP contribution < -0.4 is 10.6 Å². The van der Waals surface area contributed by atoms with Gasteiger partial charge in [0, 0.05) is 10.6 Å². The first-order valence-electron chi connectivity index (χ1n) is 7.76. The molecular formula is C18H20N2O4S. The average Bonchev–Trinajstić information content (AvgIpc) is 3.07. The molecule has 2 N–H and O–H groups in total. The lowest BCUT2D eigenvalue weighted by Gasteiger charge is -2.12. The average molecular weight is 360 g/mol. The lowest BCUT2D eigenvalue weighted by Crippen LogP contribution is -2.35. The Balaban J connectivity index is 1.70. The number of esters is 1. The molecular weight excluding hydrogens is 340 g/mol. The molecule has 2 amide bonds. The highest BCUT2D eigenvalue weighted by Gasteiger charge is 2.11. The molecule has 0 aliphatic heterocycles. The van der Waals surface area contributed by atoms with Crippen LogP contribution >= 0.6 is 11.3 Å². The first kappa shape index (κ1) is 18.7. The molecule has 0 bridgehead atoms. The van der Waals surface area contributed by atoms with E-state index in [2.05, 4.69) is 10.6 Å². The summed E-state index contributed by atoms with van der Waals surface area (Å²) in [6, 6.07) is 9.37. The van der Waals surface area contributed by atoms with Crippen LogP contribution in [0.15, 0.2) is 35.7 Å². The molecule has 2 aromatic rings. The normalized spacial score (nSPS) is 10.2. The van der Waals surface area contributed by atoms with Crippen LogP contribution in [0.25, 0.3) is 0 Å². The third-order valence-corrected chi connectivity index (χ3v) is 4.33. The van der Waals surface area contributed by atoms with Crippen molar-refractivity contribution in [3.63, 3.8) is 0 Å². The highest BCUT2D eigenvalue weighted by atomic mass is 32.1. The van der Waals surface area contributed by atoms with Gasteiger partial charge in [-0.25, -0.2) is 0 Å². The molecule has 0 spiro atoms. The third kappa shape index (κ3) is 6.04. The summed E-state index contributed by atoms with van der Waals surface area (Å²) < 4.78 is 4.89. The molecule has 7 heteroatoms. The predicted molar refractivity (Wildman–Crippen MR) is 96.5 cm³/mol. The van der Waals surface area contributed by atoms with Gasteiger partial charge in [-0.05, 0) is 36.4 Å². The number of carbonyl (C=O) groups is 3. The summed E-state index contributed by atoms with van der Waals surface area (Å²) in [5.41, 5.74) is 2.63. The van der Waals surface area contributed by atoms with E-state index in [1.54, 1.807) is 0 Å². The van der Waals surface area contributed by atoms with E-state index in [1.165, 1.54) is 11.3 Å². The molecule has 25 heavy (non-hydrogen) atoms. The molecule has 0 unspecified atom stereocenters. The van der Waals surface area contributed by atoms with Crippen molar-refractivity contribution in [1.29, 1.82) is 0 Å². The molecule has 0 atom stereocenters. The van der Waals surface area contributed by atoms with Gasteiger partial charge in [-0.3, -0.25) is 14.4 Å². The summed E-state index contributed by atoms with van der Waals surface area (Å²) in [5, 5.41) is 7.06. The van der Waals surface area contributed by atoms with Gasteiger partial charge in [0.2, 0.25) is 5.91 Å². The Morgan fingerprint density at radius 3 is 2.40 bits per heavy atom. The Labute approximate surface area is 150 Å². The van der Waals surface area contributed by atoms with Gasteiger partial charge >= 0.3 is 5.97 Å². The summed E-state index contributed by atoms with van der Waals surface area (Å²) in [6.45, 7) is 3.21. The van der Waals surface area contributed by atoms with Crippen molar-refractivity contribution < 1.29 is 19.1 Å². The Kier molecular flexibility index (Phi) is 6.71. The van der Waals surface area contributed by atoms with E-state index in [0.29, 0.717) is 0 Å². The second-order valence-corrected chi connectivity index (χ2v) is 6.54. The summed E-state index contributed by atoms with van der Waals surface area (Å²) >= 11 is 1.45. The lowest BCUT2D eigenvalue weighted by atomic mass is 10.1. The molecule has 132 valence electrons. The van der Waals surface area contributed by atoms with E-state index in [-0.39, 0.29) is 18.9 Å². The number of aryl methyl sites for hydroxylation is 2. The number of anilines is 1. The van der Waals surface area contributed by atoms with Crippen molar-refractivity contribution in [2.75, 3.05) is 18.5 Å². The maximum Gasteiger partial charge on any atom is 0.311 e. The van der Waals surface area contributed by atoms with Crippen LogP contribution in [0.2, 0.25) is 0 Å². The molecule has 1 aromatic carbocycles. The molecule has 1 aromatic heterocycles. The maximum absolute atomic E-state index is 11.9. The van der Waals surface area contributed by atoms with Crippen molar-refractivity contribution in [3.8, 4) is 0 Å². The minimum absolute atomic E-state index is 0.137. The highest BCUT2D eigenvalue weighted by Crippen LogP contribution is 2.18. The van der Waals surface area contributed by atoms with Crippen molar-refractivity contribution in [2.45, 2.75) is 20.3 Å². The fourth-order valence-electron chi connectivity index (χ4n) is 2.18. The van der Waals surface area contributed by atoms with Gasteiger partial charge in [0.05, 0.1) is 13.0 Å². The Morgan fingerprint density at radius 1 is 1.04 bits per heavy atom. The minimum Gasteiger partial charge on any atom is -0.455 e. The van der Waals surface area contributed by atoms with Crippen LogP contribution in [0.4, 0.5) is 5.69 Å². The van der Waals surface area contributed by atoms with E-state index in [0.717, 1.165) is 21.7 Å². The summed E-state index contributed by atoms with van der Waals surface area (Å²) in [6.07, 6.45) is 0.137. The van der Waals surface area contributed by atoms with Gasteiger partial charge in [-0.2, -0.15) is 0 Å². The Bertz CT molecular complexity index is 736. The molecule has 0 aliphatic carbocycles. The monoisotopic (exact) mass is 360 g/mol. The summed E-state index contributed by atoms with van der Waals surface area (Å²) in [4.78, 5) is 36.1. The Morgan fingerprint density at radius 2 is 1.76 bits per heavy atom. The van der Waals surface area contributed by atoms with Crippen molar-refractivity contribution in [1.82, 2.24) is 5.32 Å². The fraction of sp³-hybridized carbons (Fsp3) is 0.278. The number of ether oxygens (including phenoxy) is 1. The van der Waals surface area contributed by atoms with Crippen LogP contribution in [0.5, 0.6) is 0 Å². The van der Waals surface area contributed by atoms with Gasteiger partial charge < -0.3 is 15.4 Å². The van der Waals surface area contributed by atoms with Crippen LogP contribution in [0.3, 0.4) is 0 Å². The lowest BCUT2D eigenvalue weighted by molar-refractivity contribution is -0.147. The fourth-order valence-corrected chi connectivity index (χ4v) is 2.87. The topological polar surface area (TPSA) is 84.5 Å². The number of hydrogen-bond acceptors (Lipinski definition) is 5. The van der Waals surface area contributed by atoms with E-state index in [9.17, 15) is 14.4 Å². The Hall–Kier alpha value is -2.67. The van der Waals surface area contributed by atoms with Crippen molar-refractivity contribution in [3.05, 3.63) is 51.7 Å². The number of rotatable bonds is 7. The minimum atomic E-state index is -0.517. The van der Waals surface area contributed by atoms with Crippen LogP contribution in [-0.4, -0.2) is 30.9 Å². The predicted octanol–water partition coefficient (Wildman–Crippen LogP) is 2.21.